The topological polar surface area (TPSA) is 60.2 Å². The number of anilines is 1. The fraction of sp³-hybridized carbons (Fsp3) is 0.353. The van der Waals surface area contributed by atoms with Crippen molar-refractivity contribution in [2.75, 3.05) is 18.6 Å². The Kier molecular flexibility index (Phi) is 4.80. The third-order valence-corrected chi connectivity index (χ3v) is 4.73. The van der Waals surface area contributed by atoms with E-state index in [-0.39, 0.29) is 11.8 Å². The molecule has 0 aliphatic carbocycles. The van der Waals surface area contributed by atoms with E-state index in [2.05, 4.69) is 10.1 Å². The summed E-state index contributed by atoms with van der Waals surface area (Å²) in [6, 6.07) is 7.62. The Balaban J connectivity index is 1.90. The summed E-state index contributed by atoms with van der Waals surface area (Å²) in [5.41, 5.74) is 0.872. The zero-order chi connectivity index (χ0) is 17.1. The van der Waals surface area contributed by atoms with Crippen molar-refractivity contribution in [3.63, 3.8) is 0 Å². The zero-order valence-corrected chi connectivity index (χ0v) is 14.8. The van der Waals surface area contributed by atoms with E-state index in [1.54, 1.807) is 18.2 Å². The zero-order valence-electron chi connectivity index (χ0n) is 14.0. The van der Waals surface area contributed by atoms with Crippen molar-refractivity contribution in [3.05, 3.63) is 36.7 Å². The van der Waals surface area contributed by atoms with Crippen LogP contribution in [-0.2, 0) is 11.3 Å². The van der Waals surface area contributed by atoms with Crippen molar-refractivity contribution < 1.29 is 9.53 Å². The first-order valence-corrected chi connectivity index (χ1v) is 8.63. The number of methoxy groups -OCH3 is 1. The molecule has 0 spiro atoms. The first-order valence-electron chi connectivity index (χ1n) is 7.82. The molecule has 0 bridgehead atoms. The summed E-state index contributed by atoms with van der Waals surface area (Å²) >= 11 is 1.50. The third kappa shape index (κ3) is 3.41. The second-order valence-electron chi connectivity index (χ2n) is 5.74. The molecule has 6 nitrogen and oxygen atoms in total. The summed E-state index contributed by atoms with van der Waals surface area (Å²) < 4.78 is 8.08. The highest BCUT2D eigenvalue weighted by molar-refractivity contribution is 7.22. The van der Waals surface area contributed by atoms with Gasteiger partial charge in [0.25, 0.3) is 0 Å². The van der Waals surface area contributed by atoms with Gasteiger partial charge in [-0.1, -0.05) is 25.2 Å². The number of aromatic nitrogens is 3. The highest BCUT2D eigenvalue weighted by Crippen LogP contribution is 2.32. The van der Waals surface area contributed by atoms with Crippen molar-refractivity contribution in [2.24, 2.45) is 5.92 Å². The van der Waals surface area contributed by atoms with E-state index in [0.717, 1.165) is 16.0 Å². The van der Waals surface area contributed by atoms with E-state index in [1.165, 1.54) is 11.3 Å². The van der Waals surface area contributed by atoms with Crippen LogP contribution in [0.25, 0.3) is 10.2 Å². The second kappa shape index (κ2) is 7.00. The van der Waals surface area contributed by atoms with E-state index in [9.17, 15) is 4.79 Å². The minimum atomic E-state index is -0.0934. The lowest BCUT2D eigenvalue weighted by Crippen LogP contribution is -2.36. The van der Waals surface area contributed by atoms with Gasteiger partial charge in [0.05, 0.1) is 23.9 Å². The van der Waals surface area contributed by atoms with Gasteiger partial charge in [0.2, 0.25) is 5.91 Å². The Morgan fingerprint density at radius 2 is 2.25 bits per heavy atom. The van der Waals surface area contributed by atoms with Crippen LogP contribution in [0.2, 0.25) is 0 Å². The van der Waals surface area contributed by atoms with Gasteiger partial charge in [0.1, 0.15) is 5.75 Å². The van der Waals surface area contributed by atoms with Gasteiger partial charge in [-0.3, -0.25) is 14.4 Å². The smallest absolute Gasteiger partial charge is 0.231 e. The van der Waals surface area contributed by atoms with Crippen molar-refractivity contribution in [1.29, 1.82) is 0 Å². The molecule has 0 unspecified atom stereocenters. The van der Waals surface area contributed by atoms with Gasteiger partial charge in [0, 0.05) is 24.9 Å². The fourth-order valence-corrected chi connectivity index (χ4v) is 3.41. The van der Waals surface area contributed by atoms with E-state index < -0.39 is 0 Å². The molecule has 3 aromatic rings. The molecule has 7 heteroatoms. The summed E-state index contributed by atoms with van der Waals surface area (Å²) in [4.78, 5) is 19.0. The average molecular weight is 344 g/mol. The number of thiazole rings is 1. The van der Waals surface area contributed by atoms with Gasteiger partial charge in [-0.15, -0.1) is 0 Å². The Labute approximate surface area is 144 Å². The third-order valence-electron chi connectivity index (χ3n) is 3.69. The minimum absolute atomic E-state index is 0.0631. The van der Waals surface area contributed by atoms with Gasteiger partial charge in [-0.25, -0.2) is 4.98 Å². The monoisotopic (exact) mass is 344 g/mol. The number of ether oxygens (including phenoxy) is 1. The molecule has 1 amide bonds. The van der Waals surface area contributed by atoms with Crippen LogP contribution in [0.4, 0.5) is 5.13 Å². The summed E-state index contributed by atoms with van der Waals surface area (Å²) in [6.07, 6.45) is 3.62. The lowest BCUT2D eigenvalue weighted by Gasteiger charge is -2.21. The fourth-order valence-electron chi connectivity index (χ4n) is 2.38. The SMILES string of the molecule is COc1ccc2nc(N(CCn3cccn3)C(=O)C(C)C)sc2c1. The van der Waals surface area contributed by atoms with Crippen molar-refractivity contribution >= 4 is 32.6 Å². The second-order valence-corrected chi connectivity index (χ2v) is 6.75. The molecule has 2 aromatic heterocycles. The molecule has 0 radical (unpaired) electrons. The Morgan fingerprint density at radius 3 is 2.92 bits per heavy atom. The highest BCUT2D eigenvalue weighted by Gasteiger charge is 2.22. The Bertz CT molecular complexity index is 826. The summed E-state index contributed by atoms with van der Waals surface area (Å²) in [5, 5.41) is 4.91. The first kappa shape index (κ1) is 16.4. The molecule has 1 aromatic carbocycles. The molecule has 0 atom stereocenters. The lowest BCUT2D eigenvalue weighted by atomic mass is 10.2. The summed E-state index contributed by atoms with van der Waals surface area (Å²) in [7, 11) is 1.64. The number of rotatable bonds is 6. The average Bonchev–Trinajstić information content (AvgIpc) is 3.23. The first-order chi connectivity index (χ1) is 11.6. The molecule has 0 saturated carbocycles. The summed E-state index contributed by atoms with van der Waals surface area (Å²) in [6.45, 7) is 4.97. The van der Waals surface area contributed by atoms with E-state index in [1.807, 2.05) is 49.0 Å². The largest absolute Gasteiger partial charge is 0.497 e. The molecule has 0 N–H and O–H groups in total. The maximum atomic E-state index is 12.6. The highest BCUT2D eigenvalue weighted by atomic mass is 32.1. The number of fused-ring (bicyclic) bond motifs is 1. The molecule has 0 fully saturated rings. The molecular formula is C17H20N4O2S. The quantitative estimate of drug-likeness (QED) is 0.689. The van der Waals surface area contributed by atoms with Crippen molar-refractivity contribution in [2.45, 2.75) is 20.4 Å². The standard InChI is InChI=1S/C17H20N4O2S/c1-12(2)16(22)21(10-9-20-8-4-7-18-20)17-19-14-6-5-13(23-3)11-15(14)24-17/h4-8,11-12H,9-10H2,1-3H3. The van der Waals surface area contributed by atoms with E-state index in [4.69, 9.17) is 4.74 Å². The van der Waals surface area contributed by atoms with E-state index >= 15 is 0 Å². The Hall–Kier alpha value is -2.41. The molecule has 3 rings (SSSR count). The van der Waals surface area contributed by atoms with Crippen LogP contribution in [0.1, 0.15) is 13.8 Å². The maximum absolute atomic E-state index is 12.6. The number of benzene rings is 1. The number of amides is 1. The van der Waals surface area contributed by atoms with Gasteiger partial charge in [-0.2, -0.15) is 5.10 Å². The maximum Gasteiger partial charge on any atom is 0.231 e. The normalized spacial score (nSPS) is 11.2. The number of hydrogen-bond acceptors (Lipinski definition) is 5. The summed E-state index contributed by atoms with van der Waals surface area (Å²) in [5.74, 6) is 0.758. The predicted octanol–water partition coefficient (Wildman–Crippen LogP) is 3.19. The van der Waals surface area contributed by atoms with Gasteiger partial charge >= 0.3 is 0 Å². The van der Waals surface area contributed by atoms with Gasteiger partial charge in [-0.05, 0) is 24.3 Å². The lowest BCUT2D eigenvalue weighted by molar-refractivity contribution is -0.121. The van der Waals surface area contributed by atoms with Crippen LogP contribution in [0.3, 0.4) is 0 Å². The van der Waals surface area contributed by atoms with Crippen LogP contribution in [0.5, 0.6) is 5.75 Å². The van der Waals surface area contributed by atoms with Crippen molar-refractivity contribution in [1.82, 2.24) is 14.8 Å². The number of nitrogens with zero attached hydrogens (tertiary/aromatic N) is 4. The molecule has 2 heterocycles. The van der Waals surface area contributed by atoms with Crippen molar-refractivity contribution in [3.8, 4) is 5.75 Å². The van der Waals surface area contributed by atoms with Crippen LogP contribution < -0.4 is 9.64 Å². The molecule has 24 heavy (non-hydrogen) atoms. The molecular weight excluding hydrogens is 324 g/mol. The van der Waals surface area contributed by atoms with Gasteiger partial charge in [0.15, 0.2) is 5.13 Å². The van der Waals surface area contributed by atoms with Crippen LogP contribution in [0, 0.1) is 5.92 Å². The molecule has 0 aliphatic heterocycles. The van der Waals surface area contributed by atoms with Gasteiger partial charge < -0.3 is 4.74 Å². The van der Waals surface area contributed by atoms with Crippen LogP contribution in [-0.4, -0.2) is 34.3 Å². The van der Waals surface area contributed by atoms with Crippen LogP contribution in [0.15, 0.2) is 36.7 Å². The Morgan fingerprint density at radius 1 is 1.42 bits per heavy atom. The number of carbonyl (C=O) groups is 1. The molecule has 126 valence electrons. The minimum Gasteiger partial charge on any atom is -0.497 e. The number of hydrogen-bond donors (Lipinski definition) is 0. The molecule has 0 saturated heterocycles. The number of carbonyl (C=O) groups excluding carboxylic acids is 1. The van der Waals surface area contributed by atoms with E-state index in [0.29, 0.717) is 18.2 Å². The predicted molar refractivity (Wildman–Crippen MR) is 95.6 cm³/mol. The molecule has 0 aliphatic rings. The van der Waals surface area contributed by atoms with Crippen LogP contribution >= 0.6 is 11.3 Å².